The first-order valence-corrected chi connectivity index (χ1v) is 6.99. The Morgan fingerprint density at radius 2 is 1.87 bits per heavy atom. The van der Waals surface area contributed by atoms with E-state index in [2.05, 4.69) is 15.3 Å². The van der Waals surface area contributed by atoms with Gasteiger partial charge in [-0.1, -0.05) is 0 Å². The monoisotopic (exact) mass is 328 g/mol. The minimum absolute atomic E-state index is 0.00428. The highest BCUT2D eigenvalue weighted by atomic mass is 19.4. The van der Waals surface area contributed by atoms with Crippen LogP contribution in [-0.4, -0.2) is 41.9 Å². The maximum Gasteiger partial charge on any atom is 0.451 e. The van der Waals surface area contributed by atoms with Crippen molar-refractivity contribution in [1.82, 2.24) is 29.4 Å². The highest BCUT2D eigenvalue weighted by Crippen LogP contribution is 2.29. The van der Waals surface area contributed by atoms with Crippen LogP contribution in [0.15, 0.2) is 0 Å². The number of aryl methyl sites for hydroxylation is 2. The molecule has 0 saturated carbocycles. The number of nitrogens with zero attached hydrogens (tertiary/aromatic N) is 6. The summed E-state index contributed by atoms with van der Waals surface area (Å²) in [4.78, 5) is 14.1. The molecule has 2 aromatic heterocycles. The summed E-state index contributed by atoms with van der Waals surface area (Å²) in [5, 5.41) is 11.0. The number of amides is 1. The molecule has 1 aliphatic heterocycles. The predicted octanol–water partition coefficient (Wildman–Crippen LogP) is 1.30. The summed E-state index contributed by atoms with van der Waals surface area (Å²) in [5.74, 6) is -1.14. The summed E-state index contributed by atoms with van der Waals surface area (Å²) in [6.07, 6.45) is -4.55. The molecule has 0 saturated heterocycles. The van der Waals surface area contributed by atoms with Gasteiger partial charge in [0, 0.05) is 25.8 Å². The van der Waals surface area contributed by atoms with Gasteiger partial charge < -0.3 is 9.47 Å². The maximum atomic E-state index is 12.8. The molecule has 7 nitrogen and oxygen atoms in total. The molecule has 0 aromatic carbocycles. The summed E-state index contributed by atoms with van der Waals surface area (Å²) >= 11 is 0. The fourth-order valence-electron chi connectivity index (χ4n) is 2.78. The number of carbonyl (C=O) groups excluding carboxylic acids is 1. The first-order valence-electron chi connectivity index (χ1n) is 6.99. The van der Waals surface area contributed by atoms with Crippen molar-refractivity contribution in [3.63, 3.8) is 0 Å². The van der Waals surface area contributed by atoms with E-state index in [1.54, 1.807) is 25.6 Å². The molecule has 0 radical (unpaired) electrons. The van der Waals surface area contributed by atoms with Crippen molar-refractivity contribution in [2.45, 2.75) is 33.1 Å². The lowest BCUT2D eigenvalue weighted by atomic mass is 10.1. The van der Waals surface area contributed by atoms with Crippen LogP contribution in [0, 0.1) is 13.8 Å². The third-order valence-electron chi connectivity index (χ3n) is 4.02. The van der Waals surface area contributed by atoms with E-state index < -0.39 is 12.0 Å². The van der Waals surface area contributed by atoms with E-state index >= 15 is 0 Å². The Balaban J connectivity index is 1.88. The second-order valence-electron chi connectivity index (χ2n) is 5.49. The van der Waals surface area contributed by atoms with Gasteiger partial charge in [-0.2, -0.15) is 18.3 Å². The summed E-state index contributed by atoms with van der Waals surface area (Å²) in [6, 6.07) is 0. The number of carbonyl (C=O) groups is 1. The number of rotatable bonds is 1. The van der Waals surface area contributed by atoms with Crippen LogP contribution < -0.4 is 0 Å². The lowest BCUT2D eigenvalue weighted by Crippen LogP contribution is -2.39. The summed E-state index contributed by atoms with van der Waals surface area (Å²) < 4.78 is 41.1. The maximum absolute atomic E-state index is 12.8. The Kier molecular flexibility index (Phi) is 3.42. The third kappa shape index (κ3) is 2.47. The van der Waals surface area contributed by atoms with Crippen molar-refractivity contribution in [1.29, 1.82) is 0 Å². The van der Waals surface area contributed by atoms with E-state index in [0.29, 0.717) is 11.3 Å². The lowest BCUT2D eigenvalue weighted by molar-refractivity contribution is -0.147. The molecule has 0 fully saturated rings. The lowest BCUT2D eigenvalue weighted by Gasteiger charge is -2.28. The Labute approximate surface area is 129 Å². The highest BCUT2D eigenvalue weighted by molar-refractivity contribution is 5.96. The molecular weight excluding hydrogens is 313 g/mol. The van der Waals surface area contributed by atoms with Gasteiger partial charge in [-0.3, -0.25) is 9.48 Å². The zero-order valence-electron chi connectivity index (χ0n) is 12.8. The van der Waals surface area contributed by atoms with Crippen molar-refractivity contribution in [3.05, 3.63) is 28.6 Å². The standard InChI is InChI=1S/C13H15F3N6O/c1-7-10(8(2)20(3)19-7)11(23)21-4-5-22-9(6-21)17-18-12(22)13(14,15)16/h4-6H2,1-3H3. The van der Waals surface area contributed by atoms with Crippen molar-refractivity contribution < 1.29 is 18.0 Å². The van der Waals surface area contributed by atoms with Crippen molar-refractivity contribution in [2.75, 3.05) is 6.54 Å². The minimum Gasteiger partial charge on any atom is -0.329 e. The van der Waals surface area contributed by atoms with E-state index in [9.17, 15) is 18.0 Å². The van der Waals surface area contributed by atoms with E-state index in [1.165, 1.54) is 4.90 Å². The van der Waals surface area contributed by atoms with Gasteiger partial charge >= 0.3 is 6.18 Å². The Morgan fingerprint density at radius 3 is 2.43 bits per heavy atom. The minimum atomic E-state index is -4.55. The number of alkyl halides is 3. The normalized spacial score (nSPS) is 15.0. The zero-order chi connectivity index (χ0) is 16.9. The van der Waals surface area contributed by atoms with E-state index in [4.69, 9.17) is 0 Å². The van der Waals surface area contributed by atoms with E-state index in [0.717, 1.165) is 10.3 Å². The molecule has 0 spiro atoms. The Hall–Kier alpha value is -2.39. The predicted molar refractivity (Wildman–Crippen MR) is 72.4 cm³/mol. The number of hydrogen-bond donors (Lipinski definition) is 0. The largest absolute Gasteiger partial charge is 0.451 e. The summed E-state index contributed by atoms with van der Waals surface area (Å²) in [7, 11) is 1.74. The molecule has 0 aliphatic carbocycles. The van der Waals surface area contributed by atoms with Crippen LogP contribution in [0.25, 0.3) is 0 Å². The quantitative estimate of drug-likeness (QED) is 0.791. The average molecular weight is 328 g/mol. The molecule has 0 bridgehead atoms. The zero-order valence-corrected chi connectivity index (χ0v) is 12.8. The Morgan fingerprint density at radius 1 is 1.17 bits per heavy atom. The smallest absolute Gasteiger partial charge is 0.329 e. The first-order chi connectivity index (χ1) is 10.7. The molecule has 124 valence electrons. The molecule has 0 atom stereocenters. The SMILES string of the molecule is Cc1nn(C)c(C)c1C(=O)N1CCn2c(nnc2C(F)(F)F)C1. The molecular formula is C13H15F3N6O. The second-order valence-corrected chi connectivity index (χ2v) is 5.49. The molecule has 3 rings (SSSR count). The topological polar surface area (TPSA) is 68.8 Å². The van der Waals surface area contributed by atoms with Gasteiger partial charge in [-0.25, -0.2) is 0 Å². The van der Waals surface area contributed by atoms with Crippen molar-refractivity contribution in [2.24, 2.45) is 7.05 Å². The van der Waals surface area contributed by atoms with Crippen molar-refractivity contribution in [3.8, 4) is 0 Å². The van der Waals surface area contributed by atoms with Gasteiger partial charge in [0.15, 0.2) is 5.82 Å². The van der Waals surface area contributed by atoms with Crippen LogP contribution in [0.3, 0.4) is 0 Å². The fourth-order valence-corrected chi connectivity index (χ4v) is 2.78. The van der Waals surface area contributed by atoms with Crippen LogP contribution in [0.5, 0.6) is 0 Å². The number of halogens is 3. The molecule has 2 aromatic rings. The van der Waals surface area contributed by atoms with E-state index in [1.807, 2.05) is 0 Å². The van der Waals surface area contributed by atoms with Gasteiger partial charge in [0.25, 0.3) is 5.91 Å². The van der Waals surface area contributed by atoms with Gasteiger partial charge in [0.05, 0.1) is 17.8 Å². The van der Waals surface area contributed by atoms with Crippen LogP contribution in [-0.2, 0) is 26.3 Å². The number of fused-ring (bicyclic) bond motifs is 1. The number of aromatic nitrogens is 5. The van der Waals surface area contributed by atoms with Crippen molar-refractivity contribution >= 4 is 5.91 Å². The van der Waals surface area contributed by atoms with Crippen LogP contribution in [0.1, 0.15) is 33.4 Å². The van der Waals surface area contributed by atoms with Crippen LogP contribution >= 0.6 is 0 Å². The summed E-state index contributed by atoms with van der Waals surface area (Å²) in [5.41, 5.74) is 1.80. The van der Waals surface area contributed by atoms with Crippen LogP contribution in [0.2, 0.25) is 0 Å². The second kappa shape index (κ2) is 5.07. The molecule has 0 N–H and O–H groups in total. The molecule has 1 amide bonds. The third-order valence-corrected chi connectivity index (χ3v) is 4.02. The molecule has 23 heavy (non-hydrogen) atoms. The Bertz CT molecular complexity index is 776. The summed E-state index contributed by atoms with van der Waals surface area (Å²) in [6.45, 7) is 3.69. The van der Waals surface area contributed by atoms with Gasteiger partial charge in [-0.05, 0) is 13.8 Å². The van der Waals surface area contributed by atoms with Gasteiger partial charge in [0.2, 0.25) is 5.82 Å². The van der Waals surface area contributed by atoms with Gasteiger partial charge in [-0.15, -0.1) is 10.2 Å². The van der Waals surface area contributed by atoms with Gasteiger partial charge in [0.1, 0.15) is 0 Å². The number of hydrogen-bond acceptors (Lipinski definition) is 4. The average Bonchev–Trinajstić information content (AvgIpc) is 2.99. The van der Waals surface area contributed by atoms with E-state index in [-0.39, 0.29) is 31.4 Å². The fraction of sp³-hybridized carbons (Fsp3) is 0.538. The molecule has 3 heterocycles. The molecule has 10 heteroatoms. The molecule has 1 aliphatic rings. The first kappa shape index (κ1) is 15.5. The molecule has 0 unspecified atom stereocenters. The van der Waals surface area contributed by atoms with Crippen LogP contribution in [0.4, 0.5) is 13.2 Å². The highest BCUT2D eigenvalue weighted by Gasteiger charge is 2.40.